The van der Waals surface area contributed by atoms with Crippen molar-refractivity contribution in [3.63, 3.8) is 0 Å². The molecule has 0 aliphatic carbocycles. The molecule has 2 rings (SSSR count). The van der Waals surface area contributed by atoms with Crippen molar-refractivity contribution in [2.75, 3.05) is 5.73 Å². The van der Waals surface area contributed by atoms with Crippen molar-refractivity contribution in [1.29, 1.82) is 0 Å². The number of aryl methyl sites for hydroxylation is 1. The quantitative estimate of drug-likeness (QED) is 0.774. The second-order valence-corrected chi connectivity index (χ2v) is 4.92. The fourth-order valence-electron chi connectivity index (χ4n) is 2.17. The zero-order chi connectivity index (χ0) is 13.5. The van der Waals surface area contributed by atoms with Gasteiger partial charge in [-0.25, -0.2) is 0 Å². The summed E-state index contributed by atoms with van der Waals surface area (Å²) in [6, 6.07) is 16.9. The van der Waals surface area contributed by atoms with Crippen LogP contribution >= 0.6 is 0 Å². The van der Waals surface area contributed by atoms with Gasteiger partial charge in [0.1, 0.15) is 0 Å². The van der Waals surface area contributed by atoms with Gasteiger partial charge >= 0.3 is 0 Å². The van der Waals surface area contributed by atoms with Crippen molar-refractivity contribution in [3.8, 4) is 0 Å². The Labute approximate surface area is 115 Å². The monoisotopic (exact) mass is 254 g/mol. The fourth-order valence-corrected chi connectivity index (χ4v) is 2.17. The molecular weight excluding hydrogens is 232 g/mol. The molecule has 0 radical (unpaired) electrons. The summed E-state index contributed by atoms with van der Waals surface area (Å²) in [7, 11) is 0. The summed E-state index contributed by atoms with van der Waals surface area (Å²) in [6.07, 6.45) is 2.37. The van der Waals surface area contributed by atoms with Crippen LogP contribution in [0.4, 0.5) is 5.69 Å². The molecule has 2 aromatic carbocycles. The summed E-state index contributed by atoms with van der Waals surface area (Å²) in [6.45, 7) is 3.95. The van der Waals surface area contributed by atoms with Gasteiger partial charge in [0.05, 0.1) is 0 Å². The average molecular weight is 254 g/mol. The molecule has 0 spiro atoms. The molecule has 0 aliphatic rings. The lowest BCUT2D eigenvalue weighted by molar-refractivity contribution is 0.693. The molecule has 0 heterocycles. The van der Waals surface area contributed by atoms with Gasteiger partial charge < -0.3 is 11.1 Å². The maximum absolute atomic E-state index is 5.76. The average Bonchev–Trinajstić information content (AvgIpc) is 2.41. The number of rotatable bonds is 6. The molecule has 2 aromatic rings. The zero-order valence-electron chi connectivity index (χ0n) is 11.5. The molecule has 3 N–H and O–H groups in total. The van der Waals surface area contributed by atoms with Crippen LogP contribution in [-0.4, -0.2) is 0 Å². The van der Waals surface area contributed by atoms with Gasteiger partial charge in [-0.2, -0.15) is 0 Å². The van der Waals surface area contributed by atoms with Gasteiger partial charge in [-0.3, -0.25) is 0 Å². The third-order valence-corrected chi connectivity index (χ3v) is 3.17. The van der Waals surface area contributed by atoms with Crippen LogP contribution in [0.3, 0.4) is 0 Å². The lowest BCUT2D eigenvalue weighted by Crippen LogP contribution is -2.12. The van der Waals surface area contributed by atoms with Crippen molar-refractivity contribution in [2.24, 2.45) is 0 Å². The van der Waals surface area contributed by atoms with Gasteiger partial charge in [-0.1, -0.05) is 49.7 Å². The van der Waals surface area contributed by atoms with Crippen LogP contribution in [0.15, 0.2) is 48.5 Å². The predicted octanol–water partition coefficient (Wildman–Crippen LogP) is 3.51. The van der Waals surface area contributed by atoms with E-state index in [0.29, 0.717) is 0 Å². The van der Waals surface area contributed by atoms with Crippen molar-refractivity contribution in [1.82, 2.24) is 5.32 Å². The third kappa shape index (κ3) is 4.42. The summed E-state index contributed by atoms with van der Waals surface area (Å²) in [4.78, 5) is 0. The van der Waals surface area contributed by atoms with Gasteiger partial charge in [0, 0.05) is 18.8 Å². The molecule has 100 valence electrons. The Bertz CT molecular complexity index is 503. The Hall–Kier alpha value is -1.80. The lowest BCUT2D eigenvalue weighted by atomic mass is 10.1. The summed E-state index contributed by atoms with van der Waals surface area (Å²) in [5.41, 5.74) is 10.5. The SMILES string of the molecule is CCCc1ccc(CNCc2cccc(N)c2)cc1. The molecule has 0 amide bonds. The smallest absolute Gasteiger partial charge is 0.0317 e. The van der Waals surface area contributed by atoms with Crippen molar-refractivity contribution in [2.45, 2.75) is 32.9 Å². The highest BCUT2D eigenvalue weighted by molar-refractivity contribution is 5.40. The normalized spacial score (nSPS) is 10.6. The first-order valence-corrected chi connectivity index (χ1v) is 6.91. The molecule has 0 saturated heterocycles. The van der Waals surface area contributed by atoms with Gasteiger partial charge in [0.2, 0.25) is 0 Å². The zero-order valence-corrected chi connectivity index (χ0v) is 11.5. The van der Waals surface area contributed by atoms with Crippen LogP contribution in [0.25, 0.3) is 0 Å². The van der Waals surface area contributed by atoms with E-state index in [1.165, 1.54) is 23.1 Å². The largest absolute Gasteiger partial charge is 0.399 e. The molecule has 2 nitrogen and oxygen atoms in total. The minimum Gasteiger partial charge on any atom is -0.399 e. The number of hydrogen-bond acceptors (Lipinski definition) is 2. The Morgan fingerprint density at radius 1 is 0.895 bits per heavy atom. The number of nitrogen functional groups attached to an aromatic ring is 1. The van der Waals surface area contributed by atoms with E-state index in [4.69, 9.17) is 5.73 Å². The first kappa shape index (κ1) is 13.6. The van der Waals surface area contributed by atoms with Crippen LogP contribution in [0, 0.1) is 0 Å². The fraction of sp³-hybridized carbons (Fsp3) is 0.294. The van der Waals surface area contributed by atoms with Gasteiger partial charge in [0.25, 0.3) is 0 Å². The minimum atomic E-state index is 0.822. The van der Waals surface area contributed by atoms with E-state index in [9.17, 15) is 0 Å². The number of nitrogens with one attached hydrogen (secondary N) is 1. The minimum absolute atomic E-state index is 0.822. The number of hydrogen-bond donors (Lipinski definition) is 2. The van der Waals surface area contributed by atoms with E-state index >= 15 is 0 Å². The Kier molecular flexibility index (Phi) is 4.99. The van der Waals surface area contributed by atoms with E-state index in [2.05, 4.69) is 42.6 Å². The van der Waals surface area contributed by atoms with E-state index in [-0.39, 0.29) is 0 Å². The van der Waals surface area contributed by atoms with Crippen LogP contribution in [0.5, 0.6) is 0 Å². The van der Waals surface area contributed by atoms with Gasteiger partial charge in [-0.15, -0.1) is 0 Å². The summed E-state index contributed by atoms with van der Waals surface area (Å²) >= 11 is 0. The first-order chi connectivity index (χ1) is 9.28. The second kappa shape index (κ2) is 6.95. The molecule has 0 aliphatic heterocycles. The number of nitrogens with two attached hydrogens (primary N) is 1. The molecule has 0 bridgehead atoms. The number of anilines is 1. The Morgan fingerprint density at radius 2 is 1.58 bits per heavy atom. The maximum Gasteiger partial charge on any atom is 0.0317 e. The highest BCUT2D eigenvalue weighted by Gasteiger charge is 1.96. The highest BCUT2D eigenvalue weighted by atomic mass is 14.8. The molecule has 0 unspecified atom stereocenters. The summed E-state index contributed by atoms with van der Waals surface area (Å²) in [5, 5.41) is 3.44. The first-order valence-electron chi connectivity index (χ1n) is 6.91. The summed E-state index contributed by atoms with van der Waals surface area (Å²) in [5.74, 6) is 0. The van der Waals surface area contributed by atoms with E-state index < -0.39 is 0 Å². The van der Waals surface area contributed by atoms with Crippen LogP contribution in [0.2, 0.25) is 0 Å². The van der Waals surface area contributed by atoms with Crippen LogP contribution in [-0.2, 0) is 19.5 Å². The maximum atomic E-state index is 5.76. The Morgan fingerprint density at radius 3 is 2.26 bits per heavy atom. The van der Waals surface area contributed by atoms with Gasteiger partial charge in [-0.05, 0) is 35.2 Å². The van der Waals surface area contributed by atoms with Crippen molar-refractivity contribution in [3.05, 3.63) is 65.2 Å². The van der Waals surface area contributed by atoms with Crippen molar-refractivity contribution >= 4 is 5.69 Å². The molecular formula is C17H22N2. The molecule has 0 saturated carbocycles. The Balaban J connectivity index is 1.82. The van der Waals surface area contributed by atoms with Crippen molar-refractivity contribution < 1.29 is 0 Å². The molecule has 2 heteroatoms. The predicted molar refractivity (Wildman–Crippen MR) is 81.8 cm³/mol. The standard InChI is InChI=1S/C17H22N2/c1-2-4-14-7-9-15(10-8-14)12-19-13-16-5-3-6-17(18)11-16/h3,5-11,19H,2,4,12-13,18H2,1H3. The number of benzene rings is 2. The molecule has 0 aromatic heterocycles. The van der Waals surface area contributed by atoms with Crippen LogP contribution < -0.4 is 11.1 Å². The highest BCUT2D eigenvalue weighted by Crippen LogP contribution is 2.08. The third-order valence-electron chi connectivity index (χ3n) is 3.17. The van der Waals surface area contributed by atoms with Crippen LogP contribution in [0.1, 0.15) is 30.0 Å². The van der Waals surface area contributed by atoms with E-state index in [0.717, 1.165) is 25.2 Å². The second-order valence-electron chi connectivity index (χ2n) is 4.92. The summed E-state index contributed by atoms with van der Waals surface area (Å²) < 4.78 is 0. The van der Waals surface area contributed by atoms with E-state index in [1.54, 1.807) is 0 Å². The van der Waals surface area contributed by atoms with E-state index in [1.807, 2.05) is 18.2 Å². The molecule has 0 atom stereocenters. The van der Waals surface area contributed by atoms with Gasteiger partial charge in [0.15, 0.2) is 0 Å². The lowest BCUT2D eigenvalue weighted by Gasteiger charge is -2.07. The molecule has 19 heavy (non-hydrogen) atoms. The molecule has 0 fully saturated rings. The topological polar surface area (TPSA) is 38.0 Å².